The van der Waals surface area contributed by atoms with Gasteiger partial charge in [-0.15, -0.1) is 11.8 Å². The van der Waals surface area contributed by atoms with Gasteiger partial charge in [0, 0.05) is 17.3 Å². The molecule has 0 bridgehead atoms. The fraction of sp³-hybridized carbons (Fsp3) is 0.667. The molecule has 1 aliphatic rings. The molecule has 1 atom stereocenters. The molecular formula is C12H16ClIN2S2. The molecule has 0 radical (unpaired) electrons. The van der Waals surface area contributed by atoms with E-state index in [4.69, 9.17) is 16.6 Å². The zero-order valence-electron chi connectivity index (χ0n) is 10.4. The van der Waals surface area contributed by atoms with Crippen molar-refractivity contribution in [2.24, 2.45) is 5.92 Å². The normalized spacial score (nSPS) is 20.4. The van der Waals surface area contributed by atoms with E-state index in [0.29, 0.717) is 16.3 Å². The summed E-state index contributed by atoms with van der Waals surface area (Å²) < 4.78 is 1.01. The fourth-order valence-corrected chi connectivity index (χ4v) is 5.04. The van der Waals surface area contributed by atoms with Gasteiger partial charge in [0.15, 0.2) is 0 Å². The first kappa shape index (κ1) is 15.2. The molecule has 2 rings (SSSR count). The summed E-state index contributed by atoms with van der Waals surface area (Å²) in [5.41, 5.74) is 1.11. The van der Waals surface area contributed by atoms with Gasteiger partial charge in [-0.25, -0.2) is 9.97 Å². The molecule has 1 aromatic rings. The molecule has 1 saturated heterocycles. The summed E-state index contributed by atoms with van der Waals surface area (Å²) in [4.78, 5) is 9.24. The number of hydrogen-bond acceptors (Lipinski definition) is 4. The molecular weight excluding hydrogens is 399 g/mol. The molecule has 2 heterocycles. The van der Waals surface area contributed by atoms with Crippen LogP contribution in [0.15, 0.2) is 0 Å². The standard InChI is InChI=1S/C12H16ClIN2S2/c1-7(2)5-8-10(14)11(13)16-12(15-8)9-6-17-3-4-18-9/h7,9H,3-6H2,1-2H3. The van der Waals surface area contributed by atoms with Crippen LogP contribution in [-0.4, -0.2) is 27.2 Å². The summed E-state index contributed by atoms with van der Waals surface area (Å²) in [7, 11) is 0. The van der Waals surface area contributed by atoms with Gasteiger partial charge < -0.3 is 0 Å². The third-order valence-electron chi connectivity index (χ3n) is 2.60. The number of rotatable bonds is 3. The number of nitrogens with zero attached hydrogens (tertiary/aromatic N) is 2. The lowest BCUT2D eigenvalue weighted by Crippen LogP contribution is -2.13. The van der Waals surface area contributed by atoms with Crippen LogP contribution in [0.3, 0.4) is 0 Å². The van der Waals surface area contributed by atoms with Crippen molar-refractivity contribution < 1.29 is 0 Å². The van der Waals surface area contributed by atoms with Gasteiger partial charge in [0.05, 0.1) is 14.5 Å². The molecule has 0 spiro atoms. The SMILES string of the molecule is CC(C)Cc1nc(C2CSCCS2)nc(Cl)c1I. The van der Waals surface area contributed by atoms with Crippen LogP contribution in [0.1, 0.15) is 30.6 Å². The summed E-state index contributed by atoms with van der Waals surface area (Å²) in [6.45, 7) is 4.41. The van der Waals surface area contributed by atoms with Crippen molar-refractivity contribution in [2.45, 2.75) is 25.5 Å². The molecule has 18 heavy (non-hydrogen) atoms. The van der Waals surface area contributed by atoms with Crippen molar-refractivity contribution in [3.05, 3.63) is 20.2 Å². The lowest BCUT2D eigenvalue weighted by molar-refractivity contribution is 0.627. The number of hydrogen-bond donors (Lipinski definition) is 0. The Bertz CT molecular complexity index is 423. The van der Waals surface area contributed by atoms with Crippen molar-refractivity contribution in [3.63, 3.8) is 0 Å². The summed E-state index contributed by atoms with van der Waals surface area (Å²) in [5, 5.41) is 1.02. The zero-order valence-corrected chi connectivity index (χ0v) is 15.0. The third-order valence-corrected chi connectivity index (χ3v) is 7.08. The second-order valence-electron chi connectivity index (χ2n) is 4.67. The van der Waals surface area contributed by atoms with E-state index in [0.717, 1.165) is 27.3 Å². The Labute approximate surface area is 136 Å². The van der Waals surface area contributed by atoms with Crippen LogP contribution in [0.4, 0.5) is 0 Å². The van der Waals surface area contributed by atoms with Gasteiger partial charge in [0.2, 0.25) is 0 Å². The number of aromatic nitrogens is 2. The topological polar surface area (TPSA) is 25.8 Å². The molecule has 6 heteroatoms. The largest absolute Gasteiger partial charge is 0.235 e. The van der Waals surface area contributed by atoms with Crippen molar-refractivity contribution in [1.82, 2.24) is 9.97 Å². The Kier molecular flexibility index (Phi) is 5.90. The summed E-state index contributed by atoms with van der Waals surface area (Å²) in [6.07, 6.45) is 0.970. The Morgan fingerprint density at radius 1 is 1.39 bits per heavy atom. The highest BCUT2D eigenvalue weighted by molar-refractivity contribution is 14.1. The Morgan fingerprint density at radius 3 is 2.78 bits per heavy atom. The molecule has 0 aliphatic carbocycles. The highest BCUT2D eigenvalue weighted by Crippen LogP contribution is 2.36. The Hall–Kier alpha value is 0.800. The van der Waals surface area contributed by atoms with Crippen molar-refractivity contribution in [3.8, 4) is 0 Å². The average molecular weight is 415 g/mol. The van der Waals surface area contributed by atoms with Crippen LogP contribution in [-0.2, 0) is 6.42 Å². The molecule has 1 aromatic heterocycles. The molecule has 0 amide bonds. The molecule has 0 saturated carbocycles. The van der Waals surface area contributed by atoms with E-state index in [-0.39, 0.29) is 0 Å². The van der Waals surface area contributed by atoms with Crippen LogP contribution in [0.5, 0.6) is 0 Å². The zero-order chi connectivity index (χ0) is 13.1. The number of thioether (sulfide) groups is 2. The summed E-state index contributed by atoms with van der Waals surface area (Å²) in [6, 6.07) is 0. The molecule has 0 N–H and O–H groups in total. The average Bonchev–Trinajstić information content (AvgIpc) is 2.35. The van der Waals surface area contributed by atoms with Crippen LogP contribution >= 0.6 is 57.7 Å². The second-order valence-corrected chi connectivity index (χ2v) is 8.56. The highest BCUT2D eigenvalue weighted by Gasteiger charge is 2.22. The minimum absolute atomic E-state index is 0.407. The maximum atomic E-state index is 6.25. The lowest BCUT2D eigenvalue weighted by Gasteiger charge is -2.21. The third kappa shape index (κ3) is 3.90. The molecule has 2 nitrogen and oxygen atoms in total. The van der Waals surface area contributed by atoms with Gasteiger partial charge >= 0.3 is 0 Å². The molecule has 1 aliphatic heterocycles. The maximum Gasteiger partial charge on any atom is 0.146 e. The van der Waals surface area contributed by atoms with Gasteiger partial charge in [-0.3, -0.25) is 0 Å². The van der Waals surface area contributed by atoms with Crippen molar-refractivity contribution in [1.29, 1.82) is 0 Å². The first-order chi connectivity index (χ1) is 8.58. The highest BCUT2D eigenvalue weighted by atomic mass is 127. The van der Waals surface area contributed by atoms with E-state index in [1.165, 1.54) is 11.5 Å². The molecule has 100 valence electrons. The molecule has 1 fully saturated rings. The van der Waals surface area contributed by atoms with Gasteiger partial charge in [-0.1, -0.05) is 25.4 Å². The van der Waals surface area contributed by atoms with Crippen LogP contribution in [0.2, 0.25) is 5.15 Å². The van der Waals surface area contributed by atoms with E-state index < -0.39 is 0 Å². The summed E-state index contributed by atoms with van der Waals surface area (Å²) in [5.74, 6) is 5.03. The second kappa shape index (κ2) is 6.99. The van der Waals surface area contributed by atoms with Gasteiger partial charge in [0.25, 0.3) is 0 Å². The van der Waals surface area contributed by atoms with Gasteiger partial charge in [0.1, 0.15) is 11.0 Å². The van der Waals surface area contributed by atoms with E-state index in [9.17, 15) is 0 Å². The predicted octanol–water partition coefficient (Wildman–Crippen LogP) is 4.45. The smallest absolute Gasteiger partial charge is 0.146 e. The van der Waals surface area contributed by atoms with Crippen LogP contribution in [0.25, 0.3) is 0 Å². The van der Waals surface area contributed by atoms with Gasteiger partial charge in [-0.05, 0) is 34.9 Å². The van der Waals surface area contributed by atoms with Crippen molar-refractivity contribution >= 4 is 57.7 Å². The van der Waals surface area contributed by atoms with E-state index in [2.05, 4.69) is 41.4 Å². The Balaban J connectivity index is 2.27. The van der Waals surface area contributed by atoms with Crippen molar-refractivity contribution in [2.75, 3.05) is 17.3 Å². The first-order valence-corrected chi connectivity index (χ1v) is 9.65. The maximum absolute atomic E-state index is 6.25. The molecule has 0 aromatic carbocycles. The first-order valence-electron chi connectivity index (χ1n) is 5.99. The minimum atomic E-state index is 0.407. The van der Waals surface area contributed by atoms with E-state index in [1.54, 1.807) is 0 Å². The van der Waals surface area contributed by atoms with Gasteiger partial charge in [-0.2, -0.15) is 11.8 Å². The predicted molar refractivity (Wildman–Crippen MR) is 90.8 cm³/mol. The monoisotopic (exact) mass is 414 g/mol. The van der Waals surface area contributed by atoms with E-state index >= 15 is 0 Å². The minimum Gasteiger partial charge on any atom is -0.235 e. The van der Waals surface area contributed by atoms with Crippen LogP contribution in [0, 0.1) is 9.49 Å². The quantitative estimate of drug-likeness (QED) is 0.539. The van der Waals surface area contributed by atoms with E-state index in [1.807, 2.05) is 23.5 Å². The Morgan fingerprint density at radius 2 is 2.17 bits per heavy atom. The number of halogens is 2. The van der Waals surface area contributed by atoms with Crippen LogP contribution < -0.4 is 0 Å². The molecule has 1 unspecified atom stereocenters. The fourth-order valence-electron chi connectivity index (χ4n) is 1.78. The lowest BCUT2D eigenvalue weighted by atomic mass is 10.1. The summed E-state index contributed by atoms with van der Waals surface area (Å²) >= 11 is 12.4.